The van der Waals surface area contributed by atoms with E-state index in [-0.39, 0.29) is 5.76 Å². The number of rotatable bonds is 6. The molecule has 7 nitrogen and oxygen atoms in total. The fraction of sp³-hybridized carbons (Fsp3) is 0.136. The second-order valence-corrected chi connectivity index (χ2v) is 7.70. The Bertz CT molecular complexity index is 1230. The number of furan rings is 1. The van der Waals surface area contributed by atoms with Crippen LogP contribution in [-0.4, -0.2) is 22.4 Å². The maximum atomic E-state index is 12.9. The van der Waals surface area contributed by atoms with E-state index in [4.69, 9.17) is 4.42 Å². The minimum Gasteiger partial charge on any atom is -0.459 e. The van der Waals surface area contributed by atoms with Crippen LogP contribution in [0.1, 0.15) is 16.1 Å². The molecule has 2 amide bonds. The van der Waals surface area contributed by atoms with E-state index in [9.17, 15) is 9.59 Å². The Labute approximate surface area is 176 Å². The van der Waals surface area contributed by atoms with Crippen molar-refractivity contribution in [3.8, 4) is 0 Å². The number of carbonyl (C=O) groups excluding carboxylic acids is 2. The average Bonchev–Trinajstić information content (AvgIpc) is 3.41. The van der Waals surface area contributed by atoms with Crippen LogP contribution < -0.4 is 15.5 Å². The molecular formula is C22H20N4O3S. The van der Waals surface area contributed by atoms with Gasteiger partial charge in [0.15, 0.2) is 5.76 Å². The van der Waals surface area contributed by atoms with Gasteiger partial charge in [0, 0.05) is 13.5 Å². The molecule has 4 aromatic rings. The topological polar surface area (TPSA) is 88.6 Å². The van der Waals surface area contributed by atoms with Gasteiger partial charge in [-0.25, -0.2) is 5.43 Å². The van der Waals surface area contributed by atoms with Gasteiger partial charge >= 0.3 is 0 Å². The molecule has 0 radical (unpaired) electrons. The summed E-state index contributed by atoms with van der Waals surface area (Å²) in [6, 6.07) is 19.8. The van der Waals surface area contributed by atoms with Crippen molar-refractivity contribution in [1.82, 2.24) is 15.3 Å². The summed E-state index contributed by atoms with van der Waals surface area (Å²) in [4.78, 5) is 26.0. The van der Waals surface area contributed by atoms with Crippen LogP contribution in [-0.2, 0) is 18.3 Å². The molecule has 0 aliphatic rings. The zero-order valence-corrected chi connectivity index (χ0v) is 17.1. The van der Waals surface area contributed by atoms with E-state index in [1.807, 2.05) is 66.2 Å². The van der Waals surface area contributed by atoms with E-state index < -0.39 is 17.9 Å². The van der Waals surface area contributed by atoms with Crippen LogP contribution in [0.3, 0.4) is 0 Å². The molecule has 1 atom stereocenters. The smallest absolute Gasteiger partial charge is 0.287 e. The molecule has 0 aliphatic heterocycles. The fourth-order valence-corrected chi connectivity index (χ4v) is 4.04. The van der Waals surface area contributed by atoms with Crippen molar-refractivity contribution in [1.29, 1.82) is 0 Å². The average molecular weight is 420 g/mol. The van der Waals surface area contributed by atoms with Gasteiger partial charge in [0.1, 0.15) is 6.04 Å². The monoisotopic (exact) mass is 420 g/mol. The van der Waals surface area contributed by atoms with Gasteiger partial charge in [0.25, 0.3) is 11.8 Å². The third-order valence-corrected chi connectivity index (χ3v) is 5.74. The predicted molar refractivity (Wildman–Crippen MR) is 115 cm³/mol. The lowest BCUT2D eigenvalue weighted by Crippen LogP contribution is -2.47. The molecule has 2 aromatic heterocycles. The zero-order chi connectivity index (χ0) is 20.9. The molecule has 1 unspecified atom stereocenters. The van der Waals surface area contributed by atoms with Crippen LogP contribution in [0.2, 0.25) is 0 Å². The first kappa shape index (κ1) is 19.7. The first-order chi connectivity index (χ1) is 14.6. The Kier molecular flexibility index (Phi) is 5.76. The van der Waals surface area contributed by atoms with Gasteiger partial charge in [-0.1, -0.05) is 53.8 Å². The highest BCUT2D eigenvalue weighted by Gasteiger charge is 2.23. The number of hydrogen-bond acceptors (Lipinski definition) is 5. The minimum absolute atomic E-state index is 0.147. The van der Waals surface area contributed by atoms with Crippen LogP contribution in [0.4, 0.5) is 0 Å². The summed E-state index contributed by atoms with van der Waals surface area (Å²) in [6.45, 7) is 0. The number of carbonyl (C=O) groups is 2. The van der Waals surface area contributed by atoms with E-state index in [2.05, 4.69) is 15.8 Å². The highest BCUT2D eigenvalue weighted by atomic mass is 32.1. The number of nitrogens with zero attached hydrogens (tertiary/aromatic N) is 2. The molecule has 2 aromatic carbocycles. The largest absolute Gasteiger partial charge is 0.459 e. The lowest BCUT2D eigenvalue weighted by molar-refractivity contribution is -0.123. The number of amides is 2. The lowest BCUT2D eigenvalue weighted by Gasteiger charge is -2.16. The molecule has 0 saturated heterocycles. The Morgan fingerprint density at radius 2 is 1.83 bits per heavy atom. The molecule has 8 heteroatoms. The van der Waals surface area contributed by atoms with Crippen molar-refractivity contribution in [3.63, 3.8) is 0 Å². The Hall–Kier alpha value is -3.65. The number of aryl methyl sites for hydroxylation is 1. The second-order valence-electron chi connectivity index (χ2n) is 6.69. The summed E-state index contributed by atoms with van der Waals surface area (Å²) in [7, 11) is 1.89. The maximum absolute atomic E-state index is 12.9. The number of aromatic nitrogens is 1. The number of fused-ring (bicyclic) bond motifs is 1. The minimum atomic E-state index is -0.812. The van der Waals surface area contributed by atoms with Gasteiger partial charge in [-0.15, -0.1) is 5.10 Å². The predicted octanol–water partition coefficient (Wildman–Crippen LogP) is 2.81. The Morgan fingerprint density at radius 1 is 1.07 bits per heavy atom. The van der Waals surface area contributed by atoms with Gasteiger partial charge in [0.2, 0.25) is 4.80 Å². The molecule has 0 fully saturated rings. The van der Waals surface area contributed by atoms with Crippen LogP contribution in [0.15, 0.2) is 82.5 Å². The molecule has 0 aliphatic carbocycles. The van der Waals surface area contributed by atoms with E-state index in [0.717, 1.165) is 15.8 Å². The number of benzene rings is 2. The Balaban J connectivity index is 1.56. The highest BCUT2D eigenvalue weighted by Crippen LogP contribution is 2.15. The SMILES string of the molecule is Cn1/c(=N/NC(=O)C(Cc2ccccc2)NC(=O)c2ccco2)sc2ccccc21. The van der Waals surface area contributed by atoms with Crippen molar-refractivity contribution in [2.45, 2.75) is 12.5 Å². The molecule has 30 heavy (non-hydrogen) atoms. The van der Waals surface area contributed by atoms with Crippen molar-refractivity contribution < 1.29 is 14.0 Å². The van der Waals surface area contributed by atoms with Gasteiger partial charge in [-0.3, -0.25) is 9.59 Å². The quantitative estimate of drug-likeness (QED) is 0.470. The van der Waals surface area contributed by atoms with Gasteiger partial charge in [-0.05, 0) is 29.8 Å². The summed E-state index contributed by atoms with van der Waals surface area (Å²) in [5.41, 5.74) is 4.55. The normalized spacial score (nSPS) is 12.6. The van der Waals surface area contributed by atoms with Gasteiger partial charge < -0.3 is 14.3 Å². The number of para-hydroxylation sites is 1. The van der Waals surface area contributed by atoms with Crippen LogP contribution >= 0.6 is 11.3 Å². The first-order valence-corrected chi connectivity index (χ1v) is 10.2. The molecule has 0 spiro atoms. The standard InChI is InChI=1S/C22H20N4O3S/c1-26-17-10-5-6-12-19(17)30-22(26)25-24-20(27)16(14-15-8-3-2-4-9-15)23-21(28)18-11-7-13-29-18/h2-13,16H,14H2,1H3,(H,23,28)(H,24,27)/b25-22-. The summed E-state index contributed by atoms with van der Waals surface area (Å²) < 4.78 is 8.12. The third kappa shape index (κ3) is 4.33. The summed E-state index contributed by atoms with van der Waals surface area (Å²) in [6.07, 6.45) is 1.74. The highest BCUT2D eigenvalue weighted by molar-refractivity contribution is 7.16. The third-order valence-electron chi connectivity index (χ3n) is 4.63. The number of hydrogen-bond donors (Lipinski definition) is 2. The number of thiazole rings is 1. The van der Waals surface area contributed by atoms with Crippen molar-refractivity contribution in [2.75, 3.05) is 0 Å². The van der Waals surface area contributed by atoms with Gasteiger partial charge in [0.05, 0.1) is 16.5 Å². The summed E-state index contributed by atoms with van der Waals surface area (Å²) in [5, 5.41) is 7.02. The van der Waals surface area contributed by atoms with Crippen LogP contribution in [0.25, 0.3) is 10.2 Å². The first-order valence-electron chi connectivity index (χ1n) is 9.38. The maximum Gasteiger partial charge on any atom is 0.287 e. The molecule has 2 N–H and O–H groups in total. The molecule has 4 rings (SSSR count). The van der Waals surface area contributed by atoms with E-state index in [1.54, 1.807) is 12.1 Å². The molecular weight excluding hydrogens is 400 g/mol. The van der Waals surface area contributed by atoms with Crippen molar-refractivity contribution in [2.24, 2.45) is 12.1 Å². The molecule has 0 bridgehead atoms. The molecule has 0 saturated carbocycles. The Morgan fingerprint density at radius 3 is 2.57 bits per heavy atom. The lowest BCUT2D eigenvalue weighted by atomic mass is 10.1. The molecule has 2 heterocycles. The van der Waals surface area contributed by atoms with Crippen LogP contribution in [0.5, 0.6) is 0 Å². The molecule has 152 valence electrons. The van der Waals surface area contributed by atoms with Crippen LogP contribution in [0, 0.1) is 0 Å². The van der Waals surface area contributed by atoms with Crippen molar-refractivity contribution in [3.05, 3.63) is 89.1 Å². The van der Waals surface area contributed by atoms with E-state index in [0.29, 0.717) is 11.2 Å². The zero-order valence-electron chi connectivity index (χ0n) is 16.2. The summed E-state index contributed by atoms with van der Waals surface area (Å²) in [5.74, 6) is -0.714. The van der Waals surface area contributed by atoms with Gasteiger partial charge in [-0.2, -0.15) is 0 Å². The summed E-state index contributed by atoms with van der Waals surface area (Å²) >= 11 is 1.47. The second kappa shape index (κ2) is 8.79. The fourth-order valence-electron chi connectivity index (χ4n) is 3.07. The van der Waals surface area contributed by atoms with Crippen molar-refractivity contribution >= 4 is 33.4 Å². The number of nitrogens with one attached hydrogen (secondary N) is 2. The van der Waals surface area contributed by atoms with E-state index in [1.165, 1.54) is 17.6 Å². The van der Waals surface area contributed by atoms with E-state index >= 15 is 0 Å².